The van der Waals surface area contributed by atoms with E-state index < -0.39 is 17.7 Å². The molecule has 0 saturated carbocycles. The van der Waals surface area contributed by atoms with Crippen LogP contribution in [0.4, 0.5) is 5.69 Å². The van der Waals surface area contributed by atoms with Crippen molar-refractivity contribution in [2.45, 2.75) is 20.3 Å². The fraction of sp³-hybridized carbons (Fsp3) is 0.286. The largest absolute Gasteiger partial charge is 0.497 e. The molecule has 0 spiro atoms. The van der Waals surface area contributed by atoms with Gasteiger partial charge in [-0.1, -0.05) is 12.1 Å². The van der Waals surface area contributed by atoms with E-state index in [0.717, 1.165) is 16.8 Å². The van der Waals surface area contributed by atoms with E-state index in [2.05, 4.69) is 10.9 Å². The van der Waals surface area contributed by atoms with Gasteiger partial charge in [0.1, 0.15) is 5.75 Å². The summed E-state index contributed by atoms with van der Waals surface area (Å²) >= 11 is 0. The lowest BCUT2D eigenvalue weighted by molar-refractivity contribution is -0.126. The molecular formula is C21H23N3O4. The van der Waals surface area contributed by atoms with Crippen LogP contribution in [0, 0.1) is 19.8 Å². The Kier molecular flexibility index (Phi) is 5.63. The molecule has 1 fully saturated rings. The summed E-state index contributed by atoms with van der Waals surface area (Å²) in [7, 11) is 1.51. The number of anilines is 1. The summed E-state index contributed by atoms with van der Waals surface area (Å²) in [4.78, 5) is 38.6. The van der Waals surface area contributed by atoms with Gasteiger partial charge >= 0.3 is 0 Å². The molecule has 2 N–H and O–H groups in total. The van der Waals surface area contributed by atoms with E-state index in [9.17, 15) is 14.4 Å². The number of nitrogens with one attached hydrogen (secondary N) is 2. The van der Waals surface area contributed by atoms with Gasteiger partial charge in [0.05, 0.1) is 13.0 Å². The number of aryl methyl sites for hydroxylation is 2. The summed E-state index contributed by atoms with van der Waals surface area (Å²) in [6.45, 7) is 4.27. The molecule has 0 radical (unpaired) electrons. The second kappa shape index (κ2) is 8.12. The molecule has 1 atom stereocenters. The molecule has 1 aliphatic rings. The maximum Gasteiger partial charge on any atom is 0.269 e. The summed E-state index contributed by atoms with van der Waals surface area (Å²) in [5, 5.41) is 0. The number of nitrogens with zero attached hydrogens (tertiary/aromatic N) is 1. The molecule has 28 heavy (non-hydrogen) atoms. The van der Waals surface area contributed by atoms with Gasteiger partial charge in [-0.05, 0) is 55.3 Å². The molecule has 146 valence electrons. The van der Waals surface area contributed by atoms with Crippen molar-refractivity contribution in [2.75, 3.05) is 18.6 Å². The first kappa shape index (κ1) is 19.4. The number of rotatable bonds is 4. The van der Waals surface area contributed by atoms with Crippen molar-refractivity contribution >= 4 is 23.4 Å². The maximum absolute atomic E-state index is 12.4. The van der Waals surface area contributed by atoms with Crippen molar-refractivity contribution in [2.24, 2.45) is 5.92 Å². The molecule has 0 unspecified atom stereocenters. The van der Waals surface area contributed by atoms with E-state index in [1.807, 2.05) is 32.0 Å². The van der Waals surface area contributed by atoms with Gasteiger partial charge in [0.2, 0.25) is 11.8 Å². The van der Waals surface area contributed by atoms with Gasteiger partial charge in [-0.3, -0.25) is 25.2 Å². The van der Waals surface area contributed by atoms with E-state index >= 15 is 0 Å². The predicted octanol–water partition coefficient (Wildman–Crippen LogP) is 2.13. The lowest BCUT2D eigenvalue weighted by Gasteiger charge is -2.18. The minimum absolute atomic E-state index is 0.105. The third kappa shape index (κ3) is 4.14. The Labute approximate surface area is 163 Å². The highest BCUT2D eigenvalue weighted by atomic mass is 16.5. The monoisotopic (exact) mass is 381 g/mol. The first-order valence-electron chi connectivity index (χ1n) is 9.01. The molecule has 2 aromatic rings. The van der Waals surface area contributed by atoms with Crippen LogP contribution >= 0.6 is 0 Å². The van der Waals surface area contributed by atoms with E-state index in [1.54, 1.807) is 29.2 Å². The van der Waals surface area contributed by atoms with Crippen molar-refractivity contribution < 1.29 is 19.1 Å². The van der Waals surface area contributed by atoms with Crippen LogP contribution in [0.3, 0.4) is 0 Å². The SMILES string of the molecule is COc1cccc(C(=O)NNC(=O)[C@@H]2CC(=O)N(c3ccc(C)c(C)c3)C2)c1. The zero-order valence-electron chi connectivity index (χ0n) is 16.1. The Bertz CT molecular complexity index is 926. The Hall–Kier alpha value is -3.35. The zero-order chi connectivity index (χ0) is 20.3. The molecule has 7 heteroatoms. The average molecular weight is 381 g/mol. The number of ether oxygens (including phenoxy) is 1. The fourth-order valence-electron chi connectivity index (χ4n) is 3.08. The minimum Gasteiger partial charge on any atom is -0.497 e. The standard InChI is InChI=1S/C21H23N3O4/c1-13-7-8-17(9-14(13)2)24-12-16(11-19(24)25)21(27)23-22-20(26)15-5-4-6-18(10-15)28-3/h4-10,16H,11-12H2,1-3H3,(H,22,26)(H,23,27)/t16-/m1/s1. The van der Waals surface area contributed by atoms with Gasteiger partial charge in [-0.25, -0.2) is 0 Å². The number of methoxy groups -OCH3 is 1. The van der Waals surface area contributed by atoms with E-state index in [0.29, 0.717) is 11.3 Å². The van der Waals surface area contributed by atoms with Gasteiger partial charge < -0.3 is 9.64 Å². The van der Waals surface area contributed by atoms with E-state index in [-0.39, 0.29) is 18.9 Å². The third-order valence-electron chi connectivity index (χ3n) is 4.93. The van der Waals surface area contributed by atoms with Crippen LogP contribution in [0.5, 0.6) is 5.75 Å². The van der Waals surface area contributed by atoms with Crippen LogP contribution in [-0.2, 0) is 9.59 Å². The second-order valence-electron chi connectivity index (χ2n) is 6.85. The maximum atomic E-state index is 12.4. The highest BCUT2D eigenvalue weighted by Crippen LogP contribution is 2.26. The predicted molar refractivity (Wildman–Crippen MR) is 105 cm³/mol. The fourth-order valence-corrected chi connectivity index (χ4v) is 3.08. The smallest absolute Gasteiger partial charge is 0.269 e. The van der Waals surface area contributed by atoms with E-state index in [4.69, 9.17) is 4.74 Å². The molecule has 0 aromatic heterocycles. The second-order valence-corrected chi connectivity index (χ2v) is 6.85. The number of hydrogen-bond donors (Lipinski definition) is 2. The first-order valence-corrected chi connectivity index (χ1v) is 9.01. The van der Waals surface area contributed by atoms with Gasteiger partial charge in [0, 0.05) is 24.2 Å². The Morgan fingerprint density at radius 1 is 1.07 bits per heavy atom. The van der Waals surface area contributed by atoms with Gasteiger partial charge in [0.25, 0.3) is 5.91 Å². The van der Waals surface area contributed by atoms with E-state index in [1.165, 1.54) is 7.11 Å². The molecule has 3 amide bonds. The normalized spacial score (nSPS) is 16.0. The van der Waals surface area contributed by atoms with Crippen LogP contribution < -0.4 is 20.5 Å². The Balaban J connectivity index is 1.60. The van der Waals surface area contributed by atoms with Crippen LogP contribution in [0.2, 0.25) is 0 Å². The number of hydrazine groups is 1. The topological polar surface area (TPSA) is 87.7 Å². The summed E-state index contributed by atoms with van der Waals surface area (Å²) in [5.74, 6) is -0.940. The molecule has 2 aromatic carbocycles. The van der Waals surface area contributed by atoms with Gasteiger partial charge in [-0.15, -0.1) is 0 Å². The first-order chi connectivity index (χ1) is 13.4. The Morgan fingerprint density at radius 2 is 1.86 bits per heavy atom. The average Bonchev–Trinajstić information content (AvgIpc) is 3.09. The Morgan fingerprint density at radius 3 is 2.57 bits per heavy atom. The van der Waals surface area contributed by atoms with Crippen LogP contribution in [0.25, 0.3) is 0 Å². The van der Waals surface area contributed by atoms with Gasteiger partial charge in [-0.2, -0.15) is 0 Å². The third-order valence-corrected chi connectivity index (χ3v) is 4.93. The van der Waals surface area contributed by atoms with Crippen LogP contribution in [-0.4, -0.2) is 31.4 Å². The molecule has 1 aliphatic heterocycles. The number of benzene rings is 2. The number of carbonyl (C=O) groups excluding carboxylic acids is 3. The van der Waals surface area contributed by atoms with Crippen molar-refractivity contribution in [3.8, 4) is 5.75 Å². The number of carbonyl (C=O) groups is 3. The van der Waals surface area contributed by atoms with Gasteiger partial charge in [0.15, 0.2) is 0 Å². The summed E-state index contributed by atoms with van der Waals surface area (Å²) in [6, 6.07) is 12.4. The molecule has 1 saturated heterocycles. The zero-order valence-corrected chi connectivity index (χ0v) is 16.1. The number of hydrogen-bond acceptors (Lipinski definition) is 4. The quantitative estimate of drug-likeness (QED) is 0.794. The summed E-state index contributed by atoms with van der Waals surface area (Å²) in [5.41, 5.74) is 8.18. The minimum atomic E-state index is -0.528. The lowest BCUT2D eigenvalue weighted by atomic mass is 10.1. The molecule has 1 heterocycles. The summed E-state index contributed by atoms with van der Waals surface area (Å²) < 4.78 is 5.08. The molecular weight excluding hydrogens is 358 g/mol. The molecule has 0 aliphatic carbocycles. The van der Waals surface area contributed by atoms with Crippen molar-refractivity contribution in [3.05, 3.63) is 59.2 Å². The molecule has 0 bridgehead atoms. The highest BCUT2D eigenvalue weighted by Gasteiger charge is 2.35. The van der Waals surface area contributed by atoms with Crippen molar-refractivity contribution in [3.63, 3.8) is 0 Å². The molecule has 7 nitrogen and oxygen atoms in total. The number of amides is 3. The highest BCUT2D eigenvalue weighted by molar-refractivity contribution is 6.01. The summed E-state index contributed by atoms with van der Waals surface area (Å²) in [6.07, 6.45) is 0.105. The molecule has 3 rings (SSSR count). The van der Waals surface area contributed by atoms with Crippen LogP contribution in [0.1, 0.15) is 27.9 Å². The van der Waals surface area contributed by atoms with Crippen molar-refractivity contribution in [1.29, 1.82) is 0 Å². The lowest BCUT2D eigenvalue weighted by Crippen LogP contribution is -2.45. The van der Waals surface area contributed by atoms with Crippen molar-refractivity contribution in [1.82, 2.24) is 10.9 Å². The van der Waals surface area contributed by atoms with Crippen LogP contribution in [0.15, 0.2) is 42.5 Å².